The lowest BCUT2D eigenvalue weighted by atomic mass is 9.84. The molecule has 11 aromatic carbocycles. The summed E-state index contributed by atoms with van der Waals surface area (Å²) in [5, 5.41) is 13.1. The van der Waals surface area contributed by atoms with Crippen molar-refractivity contribution >= 4 is 53.9 Å². The van der Waals surface area contributed by atoms with Crippen LogP contribution >= 0.6 is 0 Å². The zero-order chi connectivity index (χ0) is 38.2. The van der Waals surface area contributed by atoms with Crippen LogP contribution in [0.2, 0.25) is 0 Å². The minimum absolute atomic E-state index is 1.24. The van der Waals surface area contributed by atoms with Gasteiger partial charge in [0.1, 0.15) is 0 Å². The van der Waals surface area contributed by atoms with E-state index in [1.807, 2.05) is 0 Å². The molecule has 0 amide bonds. The molecule has 0 nitrogen and oxygen atoms in total. The van der Waals surface area contributed by atoms with Gasteiger partial charge in [-0.05, 0) is 193 Å². The molecule has 0 aliphatic heterocycles. The quantitative estimate of drug-likeness (QED) is 0.159. The summed E-state index contributed by atoms with van der Waals surface area (Å²) in [5.74, 6) is 0. The van der Waals surface area contributed by atoms with E-state index in [1.54, 1.807) is 0 Å². The summed E-state index contributed by atoms with van der Waals surface area (Å²) < 4.78 is 0. The zero-order valence-corrected chi connectivity index (χ0v) is 32.3. The molecule has 0 aromatic heterocycles. The van der Waals surface area contributed by atoms with Crippen LogP contribution in [0.15, 0.2) is 182 Å². The van der Waals surface area contributed by atoms with E-state index in [0.717, 1.165) is 0 Å². The van der Waals surface area contributed by atoms with Crippen molar-refractivity contribution in [1.29, 1.82) is 0 Å². The molecule has 268 valence electrons. The van der Waals surface area contributed by atoms with Gasteiger partial charge in [-0.15, -0.1) is 0 Å². The van der Waals surface area contributed by atoms with Crippen LogP contribution < -0.4 is 0 Å². The van der Waals surface area contributed by atoms with Gasteiger partial charge in [-0.25, -0.2) is 0 Å². The highest BCUT2D eigenvalue weighted by Crippen LogP contribution is 2.55. The molecular formula is C58H36. The predicted molar refractivity (Wildman–Crippen MR) is 249 cm³/mol. The van der Waals surface area contributed by atoms with E-state index >= 15 is 0 Å². The van der Waals surface area contributed by atoms with Crippen LogP contribution in [0.5, 0.6) is 0 Å². The Balaban J connectivity index is 1.19. The van der Waals surface area contributed by atoms with Gasteiger partial charge >= 0.3 is 0 Å². The fourth-order valence-electron chi connectivity index (χ4n) is 10.8. The fourth-order valence-corrected chi connectivity index (χ4v) is 10.8. The Labute approximate surface area is 337 Å². The van der Waals surface area contributed by atoms with Gasteiger partial charge in [-0.1, -0.05) is 146 Å². The van der Waals surface area contributed by atoms with Crippen molar-refractivity contribution in [3.8, 4) is 77.9 Å². The van der Waals surface area contributed by atoms with Gasteiger partial charge in [0.25, 0.3) is 0 Å². The molecule has 0 saturated heterocycles. The SMILES string of the molecule is Cc1cc2c3c(cc(C)c(-c4ccccc4)c3c1)-c1cc3c(cc1-2)c(-c1ccccc1)cc1c2cc4c(cc2c(-c2ccccc2)cc31)-c1cccc2cccc-4c12. The Hall–Kier alpha value is -7.28. The van der Waals surface area contributed by atoms with Crippen molar-refractivity contribution < 1.29 is 0 Å². The highest BCUT2D eigenvalue weighted by Gasteiger charge is 2.28. The Morgan fingerprint density at radius 3 is 1.22 bits per heavy atom. The first-order valence-corrected chi connectivity index (χ1v) is 20.4. The van der Waals surface area contributed by atoms with Crippen molar-refractivity contribution in [2.24, 2.45) is 0 Å². The largest absolute Gasteiger partial charge is 0.0622 e. The molecule has 2 aliphatic rings. The van der Waals surface area contributed by atoms with E-state index in [4.69, 9.17) is 0 Å². The third-order valence-electron chi connectivity index (χ3n) is 13.2. The predicted octanol–water partition coefficient (Wildman–Crippen LogP) is 16.4. The number of aryl methyl sites for hydroxylation is 2. The van der Waals surface area contributed by atoms with Crippen molar-refractivity contribution in [1.82, 2.24) is 0 Å². The lowest BCUT2D eigenvalue weighted by Crippen LogP contribution is -1.91. The second-order valence-corrected chi connectivity index (χ2v) is 16.5. The summed E-state index contributed by atoms with van der Waals surface area (Å²) in [4.78, 5) is 0. The van der Waals surface area contributed by atoms with Gasteiger partial charge in [0.05, 0.1) is 0 Å². The lowest BCUT2D eigenvalue weighted by Gasteiger charge is -2.19. The van der Waals surface area contributed by atoms with Gasteiger partial charge in [-0.3, -0.25) is 0 Å². The smallest absolute Gasteiger partial charge is 0.00197 e. The molecule has 0 radical (unpaired) electrons. The maximum atomic E-state index is 2.54. The zero-order valence-electron chi connectivity index (χ0n) is 32.3. The third kappa shape index (κ3) is 4.30. The summed E-state index contributed by atoms with van der Waals surface area (Å²) in [7, 11) is 0. The van der Waals surface area contributed by atoms with E-state index in [9.17, 15) is 0 Å². The van der Waals surface area contributed by atoms with E-state index in [0.29, 0.717) is 0 Å². The molecule has 0 heterocycles. The lowest BCUT2D eigenvalue weighted by molar-refractivity contribution is 1.47. The van der Waals surface area contributed by atoms with Crippen LogP contribution in [0.4, 0.5) is 0 Å². The Morgan fingerprint density at radius 1 is 0.259 bits per heavy atom. The second-order valence-electron chi connectivity index (χ2n) is 16.5. The van der Waals surface area contributed by atoms with Crippen molar-refractivity contribution in [2.75, 3.05) is 0 Å². The van der Waals surface area contributed by atoms with Gasteiger partial charge in [0.2, 0.25) is 0 Å². The van der Waals surface area contributed by atoms with Crippen LogP contribution in [0, 0.1) is 13.8 Å². The molecule has 0 N–H and O–H groups in total. The molecular weight excluding hydrogens is 697 g/mol. The average molecular weight is 733 g/mol. The van der Waals surface area contributed by atoms with Crippen LogP contribution in [0.1, 0.15) is 11.1 Å². The minimum atomic E-state index is 1.24. The van der Waals surface area contributed by atoms with Crippen molar-refractivity contribution in [3.05, 3.63) is 193 Å². The molecule has 0 unspecified atom stereocenters. The van der Waals surface area contributed by atoms with Gasteiger partial charge in [0.15, 0.2) is 0 Å². The number of benzene rings is 11. The third-order valence-corrected chi connectivity index (χ3v) is 13.2. The summed E-state index contributed by atoms with van der Waals surface area (Å²) in [5.41, 5.74) is 20.8. The molecule has 58 heavy (non-hydrogen) atoms. The van der Waals surface area contributed by atoms with Crippen molar-refractivity contribution in [2.45, 2.75) is 13.8 Å². The normalized spacial score (nSPS) is 12.3. The first-order chi connectivity index (χ1) is 28.6. The first-order valence-electron chi connectivity index (χ1n) is 20.4. The maximum absolute atomic E-state index is 2.54. The molecule has 0 atom stereocenters. The Morgan fingerprint density at radius 2 is 0.690 bits per heavy atom. The Bertz CT molecular complexity index is 3590. The number of rotatable bonds is 3. The number of hydrogen-bond acceptors (Lipinski definition) is 0. The molecule has 0 spiro atoms. The monoisotopic (exact) mass is 732 g/mol. The van der Waals surface area contributed by atoms with E-state index < -0.39 is 0 Å². The molecule has 0 fully saturated rings. The topological polar surface area (TPSA) is 0 Å². The molecule has 11 aromatic rings. The highest BCUT2D eigenvalue weighted by molar-refractivity contribution is 6.29. The van der Waals surface area contributed by atoms with E-state index in [2.05, 4.69) is 196 Å². The fraction of sp³-hybridized carbons (Fsp3) is 0.0345. The Kier molecular flexibility index (Phi) is 6.39. The van der Waals surface area contributed by atoms with Crippen LogP contribution in [0.25, 0.3) is 132 Å². The molecule has 13 rings (SSSR count). The summed E-state index contributed by atoms with van der Waals surface area (Å²) >= 11 is 0. The first kappa shape index (κ1) is 31.9. The van der Waals surface area contributed by atoms with E-state index in [-0.39, 0.29) is 0 Å². The molecule has 0 bridgehead atoms. The van der Waals surface area contributed by atoms with Gasteiger partial charge in [0, 0.05) is 0 Å². The molecule has 2 aliphatic carbocycles. The second kappa shape index (κ2) is 11.6. The van der Waals surface area contributed by atoms with Crippen LogP contribution in [-0.2, 0) is 0 Å². The molecule has 0 saturated carbocycles. The van der Waals surface area contributed by atoms with Gasteiger partial charge in [-0.2, -0.15) is 0 Å². The van der Waals surface area contributed by atoms with E-state index in [1.165, 1.54) is 143 Å². The highest BCUT2D eigenvalue weighted by atomic mass is 14.3. The summed E-state index contributed by atoms with van der Waals surface area (Å²) in [6, 6.07) is 68.8. The summed E-state index contributed by atoms with van der Waals surface area (Å²) in [6.45, 7) is 4.54. The van der Waals surface area contributed by atoms with Crippen molar-refractivity contribution in [3.63, 3.8) is 0 Å². The van der Waals surface area contributed by atoms with Crippen LogP contribution in [0.3, 0.4) is 0 Å². The molecule has 0 heteroatoms. The van der Waals surface area contributed by atoms with Gasteiger partial charge < -0.3 is 0 Å². The average Bonchev–Trinajstić information content (AvgIpc) is 3.74. The standard InChI is InChI=1S/C58H36/c1-33-24-53-51-31-46-42(36-16-8-4-9-17-36)28-47-48(50(46)32-52(51)54-26-34(2)56(55(25-33)58(53)54)37-18-10-5-11-19-37)27-41(35-14-6-3-7-15-35)45-29-43-39-22-12-20-38-21-13-23-40(57(38)39)44(43)30-49(45)47/h3-32H,1-2H3. The number of hydrogen-bond donors (Lipinski definition) is 0. The van der Waals surface area contributed by atoms with Crippen LogP contribution in [-0.4, -0.2) is 0 Å². The number of fused-ring (bicyclic) bond motifs is 11. The minimum Gasteiger partial charge on any atom is -0.0622 e. The summed E-state index contributed by atoms with van der Waals surface area (Å²) in [6.07, 6.45) is 0. The maximum Gasteiger partial charge on any atom is -0.00197 e.